The van der Waals surface area contributed by atoms with Gasteiger partial charge in [-0.1, -0.05) is 18.2 Å². The first kappa shape index (κ1) is 9.21. The molecule has 1 aromatic carbocycles. The molecule has 3 nitrogen and oxygen atoms in total. The number of rotatable bonds is 1. The second-order valence-corrected chi connectivity index (χ2v) is 3.67. The monoisotopic (exact) mass is 190 g/mol. The number of carbonyl (C=O) groups excluding carboxylic acids is 1. The Morgan fingerprint density at radius 3 is 2.93 bits per heavy atom. The summed E-state index contributed by atoms with van der Waals surface area (Å²) < 4.78 is 0. The predicted octanol–water partition coefficient (Wildman–Crippen LogP) is 0.642. The smallest absolute Gasteiger partial charge is 0.254 e. The Morgan fingerprint density at radius 1 is 1.50 bits per heavy atom. The summed E-state index contributed by atoms with van der Waals surface area (Å²) in [5, 5.41) is 0. The van der Waals surface area contributed by atoms with Crippen molar-refractivity contribution in [3.63, 3.8) is 0 Å². The molecule has 0 bridgehead atoms. The zero-order valence-corrected chi connectivity index (χ0v) is 8.23. The van der Waals surface area contributed by atoms with Gasteiger partial charge in [0, 0.05) is 25.2 Å². The average molecular weight is 190 g/mol. The second-order valence-electron chi connectivity index (χ2n) is 3.67. The van der Waals surface area contributed by atoms with Crippen molar-refractivity contribution in [1.82, 2.24) is 4.90 Å². The Balaban J connectivity index is 2.42. The normalized spacial score (nSPS) is 20.9. The third kappa shape index (κ3) is 1.30. The first-order valence-corrected chi connectivity index (χ1v) is 4.79. The number of amides is 1. The summed E-state index contributed by atoms with van der Waals surface area (Å²) in [5.41, 5.74) is 7.56. The molecule has 1 aliphatic heterocycles. The zero-order valence-electron chi connectivity index (χ0n) is 8.23. The van der Waals surface area contributed by atoms with Crippen LogP contribution in [0.15, 0.2) is 24.3 Å². The van der Waals surface area contributed by atoms with Crippen molar-refractivity contribution in [3.05, 3.63) is 35.4 Å². The van der Waals surface area contributed by atoms with Crippen LogP contribution in [-0.2, 0) is 6.42 Å². The lowest BCUT2D eigenvalue weighted by atomic mass is 9.94. The lowest BCUT2D eigenvalue weighted by Gasteiger charge is -2.32. The van der Waals surface area contributed by atoms with Gasteiger partial charge in [-0.25, -0.2) is 0 Å². The Morgan fingerprint density at radius 2 is 2.21 bits per heavy atom. The highest BCUT2D eigenvalue weighted by molar-refractivity contribution is 5.96. The summed E-state index contributed by atoms with van der Waals surface area (Å²) in [6.45, 7) is 0.524. The molecule has 1 atom stereocenters. The third-order valence-corrected chi connectivity index (χ3v) is 2.84. The molecule has 14 heavy (non-hydrogen) atoms. The van der Waals surface area contributed by atoms with E-state index in [1.54, 1.807) is 4.90 Å². The summed E-state index contributed by atoms with van der Waals surface area (Å²) in [6.07, 6.45) is 0.870. The quantitative estimate of drug-likeness (QED) is 0.706. The number of nitrogens with zero attached hydrogens (tertiary/aromatic N) is 1. The molecule has 2 rings (SSSR count). The minimum atomic E-state index is 0.0855. The molecule has 1 aromatic rings. The van der Waals surface area contributed by atoms with Crippen LogP contribution in [0, 0.1) is 0 Å². The lowest BCUT2D eigenvalue weighted by Crippen LogP contribution is -2.46. The Hall–Kier alpha value is -1.35. The van der Waals surface area contributed by atoms with E-state index in [4.69, 9.17) is 5.73 Å². The van der Waals surface area contributed by atoms with Crippen LogP contribution in [0.25, 0.3) is 0 Å². The highest BCUT2D eigenvalue weighted by atomic mass is 16.2. The minimum absolute atomic E-state index is 0.0855. The van der Waals surface area contributed by atoms with Crippen LogP contribution in [0.2, 0.25) is 0 Å². The number of fused-ring (bicyclic) bond motifs is 1. The first-order valence-electron chi connectivity index (χ1n) is 4.79. The van der Waals surface area contributed by atoms with E-state index < -0.39 is 0 Å². The van der Waals surface area contributed by atoms with Gasteiger partial charge in [0.2, 0.25) is 0 Å². The zero-order chi connectivity index (χ0) is 10.1. The van der Waals surface area contributed by atoms with Gasteiger partial charge in [0.05, 0.1) is 0 Å². The van der Waals surface area contributed by atoms with Crippen molar-refractivity contribution in [2.24, 2.45) is 5.73 Å². The van der Waals surface area contributed by atoms with E-state index in [1.807, 2.05) is 31.3 Å². The molecular weight excluding hydrogens is 176 g/mol. The standard InChI is InChI=1S/C11H14N2O/c1-13-9(7-12)6-8-4-2-3-5-10(8)11(13)14/h2-5,9H,6-7,12H2,1H3. The largest absolute Gasteiger partial charge is 0.337 e. The maximum absolute atomic E-state index is 11.9. The van der Waals surface area contributed by atoms with Crippen molar-refractivity contribution in [2.45, 2.75) is 12.5 Å². The molecule has 0 saturated carbocycles. The van der Waals surface area contributed by atoms with Crippen LogP contribution in [-0.4, -0.2) is 30.4 Å². The minimum Gasteiger partial charge on any atom is -0.337 e. The van der Waals surface area contributed by atoms with Crippen molar-refractivity contribution >= 4 is 5.91 Å². The molecule has 1 amide bonds. The van der Waals surface area contributed by atoms with Gasteiger partial charge < -0.3 is 10.6 Å². The lowest BCUT2D eigenvalue weighted by molar-refractivity contribution is 0.0713. The van der Waals surface area contributed by atoms with Gasteiger partial charge in [0.1, 0.15) is 0 Å². The van der Waals surface area contributed by atoms with Gasteiger partial charge in [-0.15, -0.1) is 0 Å². The molecule has 3 heteroatoms. The van der Waals surface area contributed by atoms with E-state index in [-0.39, 0.29) is 11.9 Å². The van der Waals surface area contributed by atoms with Crippen LogP contribution in [0.4, 0.5) is 0 Å². The number of carbonyl (C=O) groups is 1. The number of hydrogen-bond acceptors (Lipinski definition) is 2. The fraction of sp³-hybridized carbons (Fsp3) is 0.364. The summed E-state index contributed by atoms with van der Waals surface area (Å²) in [5.74, 6) is 0.0855. The third-order valence-electron chi connectivity index (χ3n) is 2.84. The van der Waals surface area contributed by atoms with E-state index in [0.29, 0.717) is 6.54 Å². The van der Waals surface area contributed by atoms with Gasteiger partial charge in [0.25, 0.3) is 5.91 Å². The topological polar surface area (TPSA) is 46.3 Å². The SMILES string of the molecule is CN1C(=O)c2ccccc2CC1CN. The number of likely N-dealkylation sites (N-methyl/N-ethyl adjacent to an activating group) is 1. The van der Waals surface area contributed by atoms with Gasteiger partial charge in [-0.2, -0.15) is 0 Å². The fourth-order valence-electron chi connectivity index (χ4n) is 1.89. The van der Waals surface area contributed by atoms with Crippen molar-refractivity contribution < 1.29 is 4.79 Å². The molecule has 0 fully saturated rings. The second kappa shape index (κ2) is 3.42. The summed E-state index contributed by atoms with van der Waals surface area (Å²) >= 11 is 0. The van der Waals surface area contributed by atoms with Gasteiger partial charge in [0.15, 0.2) is 0 Å². The van der Waals surface area contributed by atoms with Crippen molar-refractivity contribution in [3.8, 4) is 0 Å². The number of benzene rings is 1. The van der Waals surface area contributed by atoms with Gasteiger partial charge in [-0.3, -0.25) is 4.79 Å². The van der Waals surface area contributed by atoms with Crippen LogP contribution in [0.5, 0.6) is 0 Å². The summed E-state index contributed by atoms with van der Waals surface area (Å²) in [7, 11) is 1.82. The number of hydrogen-bond donors (Lipinski definition) is 1. The van der Waals surface area contributed by atoms with E-state index in [9.17, 15) is 4.79 Å². The molecule has 0 saturated heterocycles. The van der Waals surface area contributed by atoms with Crippen LogP contribution in [0.3, 0.4) is 0 Å². The Bertz CT molecular complexity index is 362. The van der Waals surface area contributed by atoms with E-state index in [1.165, 1.54) is 0 Å². The van der Waals surface area contributed by atoms with E-state index >= 15 is 0 Å². The average Bonchev–Trinajstić information content (AvgIpc) is 2.23. The molecule has 0 radical (unpaired) electrons. The van der Waals surface area contributed by atoms with E-state index in [0.717, 1.165) is 17.5 Å². The van der Waals surface area contributed by atoms with Gasteiger partial charge >= 0.3 is 0 Å². The molecule has 2 N–H and O–H groups in total. The predicted molar refractivity (Wildman–Crippen MR) is 55.1 cm³/mol. The fourth-order valence-corrected chi connectivity index (χ4v) is 1.89. The highest BCUT2D eigenvalue weighted by Crippen LogP contribution is 2.21. The number of nitrogens with two attached hydrogens (primary N) is 1. The molecule has 0 spiro atoms. The molecule has 0 aromatic heterocycles. The maximum atomic E-state index is 11.9. The summed E-state index contributed by atoms with van der Waals surface area (Å²) in [4.78, 5) is 13.6. The van der Waals surface area contributed by atoms with Crippen molar-refractivity contribution in [2.75, 3.05) is 13.6 Å². The highest BCUT2D eigenvalue weighted by Gasteiger charge is 2.27. The van der Waals surface area contributed by atoms with Crippen molar-refractivity contribution in [1.29, 1.82) is 0 Å². The molecule has 1 aliphatic rings. The Labute approximate surface area is 83.5 Å². The van der Waals surface area contributed by atoms with Crippen LogP contribution < -0.4 is 5.73 Å². The molecule has 74 valence electrons. The summed E-state index contributed by atoms with van der Waals surface area (Å²) in [6, 6.07) is 7.89. The Kier molecular flexibility index (Phi) is 2.25. The molecular formula is C11H14N2O. The maximum Gasteiger partial charge on any atom is 0.254 e. The molecule has 1 heterocycles. The van der Waals surface area contributed by atoms with Crippen LogP contribution in [0.1, 0.15) is 15.9 Å². The van der Waals surface area contributed by atoms with Crippen LogP contribution >= 0.6 is 0 Å². The molecule has 0 aliphatic carbocycles. The van der Waals surface area contributed by atoms with Gasteiger partial charge in [-0.05, 0) is 18.1 Å². The van der Waals surface area contributed by atoms with E-state index in [2.05, 4.69) is 0 Å². The first-order chi connectivity index (χ1) is 6.74. The molecule has 1 unspecified atom stereocenters.